The number of rotatable bonds is 5. The van der Waals surface area contributed by atoms with Crippen LogP contribution in [0.5, 0.6) is 0 Å². The molecule has 122 valence electrons. The summed E-state index contributed by atoms with van der Waals surface area (Å²) in [5.74, 6) is 0.815. The fourth-order valence-electron chi connectivity index (χ4n) is 3.35. The number of nitrogens with zero attached hydrogens (tertiary/aromatic N) is 4. The van der Waals surface area contributed by atoms with Crippen molar-refractivity contribution in [2.24, 2.45) is 13.0 Å². The monoisotopic (exact) mass is 312 g/mol. The molecular weight excluding hydrogens is 288 g/mol. The molecule has 3 heterocycles. The van der Waals surface area contributed by atoms with Crippen molar-refractivity contribution in [1.82, 2.24) is 19.7 Å². The molecule has 0 bridgehead atoms. The Balaban J connectivity index is 1.51. The van der Waals surface area contributed by atoms with Crippen molar-refractivity contribution < 1.29 is 4.79 Å². The zero-order valence-corrected chi connectivity index (χ0v) is 13.7. The Kier molecular flexibility index (Phi) is 5.05. The van der Waals surface area contributed by atoms with Gasteiger partial charge in [0.2, 0.25) is 5.91 Å². The third-order valence-corrected chi connectivity index (χ3v) is 4.64. The minimum Gasteiger partial charge on any atom is -0.342 e. The number of aryl methyl sites for hydroxylation is 2. The Morgan fingerprint density at radius 3 is 3.00 bits per heavy atom. The SMILES string of the molecule is Cn1nccc1CCC(=O)N1CCC[C@H](Cc2cccnc2)C1. The number of piperidine rings is 1. The highest BCUT2D eigenvalue weighted by Crippen LogP contribution is 2.21. The quantitative estimate of drug-likeness (QED) is 0.851. The second-order valence-electron chi connectivity index (χ2n) is 6.36. The standard InChI is InChI=1S/C18H24N4O/c1-21-17(8-10-20-21)6-7-18(23)22-11-3-5-16(14-22)12-15-4-2-9-19-13-15/h2,4,8-10,13,16H,3,5-7,11-12,14H2,1H3/t16-/m1/s1. The lowest BCUT2D eigenvalue weighted by molar-refractivity contribution is -0.133. The topological polar surface area (TPSA) is 51.0 Å². The summed E-state index contributed by atoms with van der Waals surface area (Å²) in [6.07, 6.45) is 10.2. The summed E-state index contributed by atoms with van der Waals surface area (Å²) in [6.45, 7) is 1.77. The summed E-state index contributed by atoms with van der Waals surface area (Å²) in [5.41, 5.74) is 2.38. The molecule has 3 rings (SSSR count). The van der Waals surface area contributed by atoms with Crippen molar-refractivity contribution in [2.45, 2.75) is 32.1 Å². The zero-order chi connectivity index (χ0) is 16.1. The fourth-order valence-corrected chi connectivity index (χ4v) is 3.35. The summed E-state index contributed by atoms with van der Waals surface area (Å²) in [4.78, 5) is 18.7. The van der Waals surface area contributed by atoms with Gasteiger partial charge in [0.1, 0.15) is 0 Å². The highest BCUT2D eigenvalue weighted by Gasteiger charge is 2.23. The lowest BCUT2D eigenvalue weighted by Crippen LogP contribution is -2.40. The van der Waals surface area contributed by atoms with Crippen LogP contribution in [-0.4, -0.2) is 38.7 Å². The van der Waals surface area contributed by atoms with E-state index in [0.717, 1.165) is 38.0 Å². The molecule has 2 aromatic heterocycles. The number of pyridine rings is 1. The maximum Gasteiger partial charge on any atom is 0.222 e. The van der Waals surface area contributed by atoms with E-state index in [1.807, 2.05) is 35.0 Å². The van der Waals surface area contributed by atoms with Crippen LogP contribution in [0.4, 0.5) is 0 Å². The number of hydrogen-bond donors (Lipinski definition) is 0. The van der Waals surface area contributed by atoms with Gasteiger partial charge in [-0.2, -0.15) is 5.10 Å². The van der Waals surface area contributed by atoms with Gasteiger partial charge in [-0.05, 0) is 49.3 Å². The van der Waals surface area contributed by atoms with E-state index in [-0.39, 0.29) is 5.91 Å². The molecule has 5 heteroatoms. The first-order chi connectivity index (χ1) is 11.2. The molecule has 23 heavy (non-hydrogen) atoms. The predicted octanol–water partition coefficient (Wildman–Crippen LogP) is 2.23. The molecule has 0 saturated carbocycles. The second kappa shape index (κ2) is 7.40. The molecule has 1 amide bonds. The predicted molar refractivity (Wildman–Crippen MR) is 88.8 cm³/mol. The number of amides is 1. The van der Waals surface area contributed by atoms with Gasteiger partial charge in [0.15, 0.2) is 0 Å². The summed E-state index contributed by atoms with van der Waals surface area (Å²) >= 11 is 0. The molecule has 0 spiro atoms. The smallest absolute Gasteiger partial charge is 0.222 e. The third-order valence-electron chi connectivity index (χ3n) is 4.64. The Morgan fingerprint density at radius 1 is 1.35 bits per heavy atom. The van der Waals surface area contributed by atoms with Crippen LogP contribution in [0.2, 0.25) is 0 Å². The van der Waals surface area contributed by atoms with Gasteiger partial charge in [-0.15, -0.1) is 0 Å². The van der Waals surface area contributed by atoms with Crippen LogP contribution in [-0.2, 0) is 24.7 Å². The van der Waals surface area contributed by atoms with Crippen molar-refractivity contribution in [1.29, 1.82) is 0 Å². The molecule has 1 aliphatic heterocycles. The maximum absolute atomic E-state index is 12.5. The van der Waals surface area contributed by atoms with Gasteiger partial charge in [-0.3, -0.25) is 14.5 Å². The van der Waals surface area contributed by atoms with Gasteiger partial charge in [-0.1, -0.05) is 6.07 Å². The first-order valence-electron chi connectivity index (χ1n) is 8.36. The molecule has 0 aromatic carbocycles. The molecule has 0 N–H and O–H groups in total. The van der Waals surface area contributed by atoms with Crippen molar-refractivity contribution >= 4 is 5.91 Å². The van der Waals surface area contributed by atoms with Crippen LogP contribution in [0, 0.1) is 5.92 Å². The van der Waals surface area contributed by atoms with E-state index in [0.29, 0.717) is 12.3 Å². The molecular formula is C18H24N4O. The van der Waals surface area contributed by atoms with E-state index in [4.69, 9.17) is 0 Å². The molecule has 0 radical (unpaired) electrons. The van der Waals surface area contributed by atoms with Crippen LogP contribution in [0.15, 0.2) is 36.8 Å². The van der Waals surface area contributed by atoms with Crippen LogP contribution >= 0.6 is 0 Å². The van der Waals surface area contributed by atoms with Crippen molar-refractivity contribution in [3.05, 3.63) is 48.0 Å². The highest BCUT2D eigenvalue weighted by molar-refractivity contribution is 5.76. The molecule has 1 saturated heterocycles. The lowest BCUT2D eigenvalue weighted by Gasteiger charge is -2.33. The Bertz CT molecular complexity index is 637. The lowest BCUT2D eigenvalue weighted by atomic mass is 9.91. The molecule has 1 aliphatic rings. The summed E-state index contributed by atoms with van der Waals surface area (Å²) in [6, 6.07) is 6.08. The first kappa shape index (κ1) is 15.7. The fraction of sp³-hybridized carbons (Fsp3) is 0.500. The van der Waals surface area contributed by atoms with Crippen LogP contribution in [0.3, 0.4) is 0 Å². The largest absolute Gasteiger partial charge is 0.342 e. The number of carbonyl (C=O) groups excluding carboxylic acids is 1. The van der Waals surface area contributed by atoms with Crippen LogP contribution < -0.4 is 0 Å². The third kappa shape index (κ3) is 4.18. The van der Waals surface area contributed by atoms with Crippen molar-refractivity contribution in [3.8, 4) is 0 Å². The van der Waals surface area contributed by atoms with Crippen LogP contribution in [0.1, 0.15) is 30.5 Å². The number of hydrogen-bond acceptors (Lipinski definition) is 3. The molecule has 0 aliphatic carbocycles. The summed E-state index contributed by atoms with van der Waals surface area (Å²) < 4.78 is 1.84. The summed E-state index contributed by atoms with van der Waals surface area (Å²) in [5, 5.41) is 4.15. The van der Waals surface area contributed by atoms with Crippen LogP contribution in [0.25, 0.3) is 0 Å². The molecule has 1 atom stereocenters. The normalized spacial score (nSPS) is 18.1. The van der Waals surface area contributed by atoms with Gasteiger partial charge in [0.25, 0.3) is 0 Å². The van der Waals surface area contributed by atoms with Gasteiger partial charge >= 0.3 is 0 Å². The number of likely N-dealkylation sites (tertiary alicyclic amines) is 1. The highest BCUT2D eigenvalue weighted by atomic mass is 16.2. The molecule has 0 unspecified atom stereocenters. The van der Waals surface area contributed by atoms with Gasteiger partial charge in [0, 0.05) is 50.8 Å². The average Bonchev–Trinajstić information content (AvgIpc) is 2.99. The van der Waals surface area contributed by atoms with E-state index < -0.39 is 0 Å². The maximum atomic E-state index is 12.5. The van der Waals surface area contributed by atoms with Gasteiger partial charge in [0.05, 0.1) is 0 Å². The van der Waals surface area contributed by atoms with E-state index in [9.17, 15) is 4.79 Å². The number of aromatic nitrogens is 3. The van der Waals surface area contributed by atoms with E-state index >= 15 is 0 Å². The van der Waals surface area contributed by atoms with Gasteiger partial charge in [-0.25, -0.2) is 0 Å². The average molecular weight is 312 g/mol. The molecule has 5 nitrogen and oxygen atoms in total. The van der Waals surface area contributed by atoms with Crippen molar-refractivity contribution in [3.63, 3.8) is 0 Å². The number of carbonyl (C=O) groups is 1. The summed E-state index contributed by atoms with van der Waals surface area (Å²) in [7, 11) is 1.92. The first-order valence-corrected chi connectivity index (χ1v) is 8.36. The molecule has 2 aromatic rings. The minimum absolute atomic E-state index is 0.266. The van der Waals surface area contributed by atoms with E-state index in [2.05, 4.69) is 16.1 Å². The Morgan fingerprint density at radius 2 is 2.26 bits per heavy atom. The van der Waals surface area contributed by atoms with E-state index in [1.165, 1.54) is 12.0 Å². The van der Waals surface area contributed by atoms with Crippen molar-refractivity contribution in [2.75, 3.05) is 13.1 Å². The minimum atomic E-state index is 0.266. The van der Waals surface area contributed by atoms with Gasteiger partial charge < -0.3 is 4.90 Å². The van der Waals surface area contributed by atoms with E-state index in [1.54, 1.807) is 12.4 Å². The zero-order valence-electron chi connectivity index (χ0n) is 13.7. The molecule has 1 fully saturated rings. The second-order valence-corrected chi connectivity index (χ2v) is 6.36. The Hall–Kier alpha value is -2.17. The Labute approximate surface area is 137 Å².